The fourth-order valence-electron chi connectivity index (χ4n) is 1.91. The monoisotopic (exact) mass is 236 g/mol. The van der Waals surface area contributed by atoms with Crippen LogP contribution in [0.2, 0.25) is 0 Å². The quantitative estimate of drug-likeness (QED) is 0.711. The lowest BCUT2D eigenvalue weighted by Crippen LogP contribution is -2.12. The molecule has 0 amide bonds. The third kappa shape index (κ3) is 2.99. The molecule has 0 aromatic heterocycles. The molecule has 1 aromatic rings. The van der Waals surface area contributed by atoms with Crippen LogP contribution in [-0.4, -0.2) is 20.0 Å². The van der Waals surface area contributed by atoms with Crippen LogP contribution in [0, 0.1) is 5.92 Å². The van der Waals surface area contributed by atoms with Crippen LogP contribution in [-0.2, 0) is 0 Å². The Morgan fingerprint density at radius 1 is 1.29 bits per heavy atom. The average Bonchev–Trinajstić information content (AvgIpc) is 2.36. The van der Waals surface area contributed by atoms with Crippen LogP contribution in [0.4, 0.5) is 0 Å². The summed E-state index contributed by atoms with van der Waals surface area (Å²) in [4.78, 5) is 12.2. The van der Waals surface area contributed by atoms with E-state index in [1.165, 1.54) is 0 Å². The van der Waals surface area contributed by atoms with Crippen LogP contribution in [0.3, 0.4) is 0 Å². The summed E-state index contributed by atoms with van der Waals surface area (Å²) in [7, 11) is 3.13. The number of methoxy groups -OCH3 is 2. The molecule has 0 fully saturated rings. The Kier molecular flexibility index (Phi) is 5.01. The lowest BCUT2D eigenvalue weighted by molar-refractivity contribution is 0.0920. The van der Waals surface area contributed by atoms with Crippen LogP contribution in [0.5, 0.6) is 11.5 Å². The Morgan fingerprint density at radius 2 is 2.00 bits per heavy atom. The molecule has 1 unspecified atom stereocenters. The number of hydrogen-bond acceptors (Lipinski definition) is 3. The average molecular weight is 236 g/mol. The zero-order valence-electron chi connectivity index (χ0n) is 10.9. The van der Waals surface area contributed by atoms with Crippen molar-refractivity contribution in [3.05, 3.63) is 23.8 Å². The number of rotatable bonds is 6. The molecule has 1 aromatic carbocycles. The van der Waals surface area contributed by atoms with Gasteiger partial charge >= 0.3 is 0 Å². The normalized spacial score (nSPS) is 12.0. The second-order valence-corrected chi connectivity index (χ2v) is 4.10. The highest BCUT2D eigenvalue weighted by Crippen LogP contribution is 2.32. The molecule has 0 bridgehead atoms. The summed E-state index contributed by atoms with van der Waals surface area (Å²) in [5.74, 6) is 1.26. The number of ketones is 1. The van der Waals surface area contributed by atoms with Crippen LogP contribution >= 0.6 is 0 Å². The standard InChI is InChI=1S/C14H20O3/c1-5-7-10(2)13(15)11-8-6-9-12(16-3)14(11)17-4/h6,8-10H,5,7H2,1-4H3. The highest BCUT2D eigenvalue weighted by Gasteiger charge is 2.20. The maximum atomic E-state index is 12.2. The summed E-state index contributed by atoms with van der Waals surface area (Å²) in [6.07, 6.45) is 1.89. The molecule has 0 heterocycles. The zero-order chi connectivity index (χ0) is 12.8. The molecule has 0 saturated carbocycles. The van der Waals surface area contributed by atoms with Gasteiger partial charge in [0.1, 0.15) is 0 Å². The van der Waals surface area contributed by atoms with Crippen molar-refractivity contribution in [1.82, 2.24) is 0 Å². The first-order chi connectivity index (χ1) is 8.15. The summed E-state index contributed by atoms with van der Waals surface area (Å²) in [5.41, 5.74) is 0.604. The van der Waals surface area contributed by atoms with Crippen molar-refractivity contribution >= 4 is 5.78 Å². The SMILES string of the molecule is CCCC(C)C(=O)c1cccc(OC)c1OC. The van der Waals surface area contributed by atoms with Crippen LogP contribution < -0.4 is 9.47 Å². The molecular formula is C14H20O3. The Hall–Kier alpha value is -1.51. The highest BCUT2D eigenvalue weighted by atomic mass is 16.5. The first-order valence-electron chi connectivity index (χ1n) is 5.90. The summed E-state index contributed by atoms with van der Waals surface area (Å²) in [5, 5.41) is 0. The molecule has 0 aliphatic heterocycles. The van der Waals surface area contributed by atoms with Crippen molar-refractivity contribution in [1.29, 1.82) is 0 Å². The Morgan fingerprint density at radius 3 is 2.53 bits per heavy atom. The van der Waals surface area contributed by atoms with Crippen molar-refractivity contribution < 1.29 is 14.3 Å². The Balaban J connectivity index is 3.08. The minimum absolute atomic E-state index is 0.0148. The van der Waals surface area contributed by atoms with Gasteiger partial charge in [-0.3, -0.25) is 4.79 Å². The molecule has 3 nitrogen and oxygen atoms in total. The predicted octanol–water partition coefficient (Wildman–Crippen LogP) is 3.32. The van der Waals surface area contributed by atoms with E-state index < -0.39 is 0 Å². The van der Waals surface area contributed by atoms with Crippen molar-refractivity contribution in [3.63, 3.8) is 0 Å². The summed E-state index contributed by atoms with van der Waals surface area (Å²) >= 11 is 0. The third-order valence-corrected chi connectivity index (χ3v) is 2.84. The maximum Gasteiger partial charge on any atom is 0.171 e. The topological polar surface area (TPSA) is 35.5 Å². The van der Waals surface area contributed by atoms with Crippen molar-refractivity contribution in [2.24, 2.45) is 5.92 Å². The second-order valence-electron chi connectivity index (χ2n) is 4.10. The van der Waals surface area contributed by atoms with Crippen molar-refractivity contribution in [2.45, 2.75) is 26.7 Å². The van der Waals surface area contributed by atoms with Gasteiger partial charge in [0, 0.05) is 5.92 Å². The number of carbonyl (C=O) groups excluding carboxylic acids is 1. The molecule has 0 aliphatic carbocycles. The van der Waals surface area contributed by atoms with E-state index in [9.17, 15) is 4.79 Å². The molecule has 0 N–H and O–H groups in total. The molecule has 94 valence electrons. The smallest absolute Gasteiger partial charge is 0.171 e. The van der Waals surface area contributed by atoms with Crippen molar-refractivity contribution in [2.75, 3.05) is 14.2 Å². The first kappa shape index (κ1) is 13.6. The number of carbonyl (C=O) groups is 1. The zero-order valence-corrected chi connectivity index (χ0v) is 10.9. The lowest BCUT2D eigenvalue weighted by Gasteiger charge is -2.14. The van der Waals surface area contributed by atoms with E-state index in [4.69, 9.17) is 9.47 Å². The summed E-state index contributed by atoms with van der Waals surface area (Å²) < 4.78 is 10.5. The summed E-state index contributed by atoms with van der Waals surface area (Å²) in [6.45, 7) is 4.03. The third-order valence-electron chi connectivity index (χ3n) is 2.84. The number of para-hydroxylation sites is 1. The fraction of sp³-hybridized carbons (Fsp3) is 0.500. The van der Waals surface area contributed by atoms with Gasteiger partial charge < -0.3 is 9.47 Å². The van der Waals surface area contributed by atoms with E-state index in [0.29, 0.717) is 17.1 Å². The summed E-state index contributed by atoms with van der Waals surface area (Å²) in [6, 6.07) is 5.39. The largest absolute Gasteiger partial charge is 0.493 e. The molecular weight excluding hydrogens is 216 g/mol. The second kappa shape index (κ2) is 6.28. The molecule has 3 heteroatoms. The van der Waals surface area contributed by atoms with Gasteiger partial charge in [0.2, 0.25) is 0 Å². The number of hydrogen-bond donors (Lipinski definition) is 0. The maximum absolute atomic E-state index is 12.2. The van der Waals surface area contributed by atoms with E-state index in [0.717, 1.165) is 12.8 Å². The number of benzene rings is 1. The van der Waals surface area contributed by atoms with E-state index >= 15 is 0 Å². The number of Topliss-reactive ketones (excluding diaryl/α,β-unsaturated/α-hetero) is 1. The van der Waals surface area contributed by atoms with Gasteiger partial charge in [-0.2, -0.15) is 0 Å². The molecule has 0 radical (unpaired) electrons. The van der Waals surface area contributed by atoms with E-state index in [2.05, 4.69) is 6.92 Å². The lowest BCUT2D eigenvalue weighted by atomic mass is 9.94. The Bertz CT molecular complexity index is 385. The predicted molar refractivity (Wildman–Crippen MR) is 67.9 cm³/mol. The van der Waals surface area contributed by atoms with Gasteiger partial charge in [0.15, 0.2) is 17.3 Å². The molecule has 0 spiro atoms. The van der Waals surface area contributed by atoms with Crippen LogP contribution in [0.15, 0.2) is 18.2 Å². The van der Waals surface area contributed by atoms with Crippen molar-refractivity contribution in [3.8, 4) is 11.5 Å². The van der Waals surface area contributed by atoms with Gasteiger partial charge in [-0.1, -0.05) is 26.3 Å². The minimum atomic E-state index is 0.0148. The molecule has 0 aliphatic rings. The molecule has 1 atom stereocenters. The van der Waals surface area contributed by atoms with Gasteiger partial charge in [-0.25, -0.2) is 0 Å². The van der Waals surface area contributed by atoms with Gasteiger partial charge in [0.05, 0.1) is 19.8 Å². The molecule has 0 saturated heterocycles. The number of ether oxygens (including phenoxy) is 2. The van der Waals surface area contributed by atoms with Gasteiger partial charge in [0.25, 0.3) is 0 Å². The van der Waals surface area contributed by atoms with Crippen LogP contribution in [0.1, 0.15) is 37.0 Å². The molecule has 1 rings (SSSR count). The Labute approximate surface area is 103 Å². The van der Waals surface area contributed by atoms with Gasteiger partial charge in [-0.05, 0) is 18.6 Å². The molecule has 17 heavy (non-hydrogen) atoms. The van der Waals surface area contributed by atoms with E-state index in [1.807, 2.05) is 13.0 Å². The highest BCUT2D eigenvalue weighted by molar-refractivity contribution is 6.00. The first-order valence-corrected chi connectivity index (χ1v) is 5.90. The van der Waals surface area contributed by atoms with E-state index in [1.54, 1.807) is 26.4 Å². The van der Waals surface area contributed by atoms with Crippen LogP contribution in [0.25, 0.3) is 0 Å². The fourth-order valence-corrected chi connectivity index (χ4v) is 1.91. The van der Waals surface area contributed by atoms with E-state index in [-0.39, 0.29) is 11.7 Å². The minimum Gasteiger partial charge on any atom is -0.493 e. The van der Waals surface area contributed by atoms with Gasteiger partial charge in [-0.15, -0.1) is 0 Å².